The van der Waals surface area contributed by atoms with Crippen LogP contribution >= 0.6 is 0 Å². The summed E-state index contributed by atoms with van der Waals surface area (Å²) in [6, 6.07) is 0.0719. The van der Waals surface area contributed by atoms with Crippen molar-refractivity contribution in [3.8, 4) is 0 Å². The predicted molar refractivity (Wildman–Crippen MR) is 52.3 cm³/mol. The van der Waals surface area contributed by atoms with Crippen LogP contribution in [0, 0.1) is 5.92 Å². The van der Waals surface area contributed by atoms with Gasteiger partial charge in [0, 0.05) is 19.7 Å². The number of ether oxygens (including phenoxy) is 1. The summed E-state index contributed by atoms with van der Waals surface area (Å²) in [6.45, 7) is 4.79. The minimum absolute atomic E-state index is 0.0719. The molecule has 0 aliphatic rings. The molecule has 0 fully saturated rings. The molecule has 0 radical (unpaired) electrons. The number of nitrogens with one attached hydrogen (secondary N) is 1. The van der Waals surface area contributed by atoms with Gasteiger partial charge in [-0.05, 0) is 12.3 Å². The highest BCUT2D eigenvalue weighted by Crippen LogP contribution is 2.03. The van der Waals surface area contributed by atoms with Crippen LogP contribution in [-0.2, 0) is 9.53 Å². The van der Waals surface area contributed by atoms with Crippen molar-refractivity contribution in [1.82, 2.24) is 5.32 Å². The van der Waals surface area contributed by atoms with Gasteiger partial charge in [0.1, 0.15) is 6.61 Å². The SMILES string of the molecule is COCC(=O)NC(CN)CC(C)C. The van der Waals surface area contributed by atoms with Crippen molar-refractivity contribution < 1.29 is 9.53 Å². The molecule has 0 aromatic carbocycles. The van der Waals surface area contributed by atoms with Crippen LogP contribution in [0.15, 0.2) is 0 Å². The van der Waals surface area contributed by atoms with Gasteiger partial charge in [-0.2, -0.15) is 0 Å². The van der Waals surface area contributed by atoms with Gasteiger partial charge in [-0.15, -0.1) is 0 Å². The minimum Gasteiger partial charge on any atom is -0.375 e. The lowest BCUT2D eigenvalue weighted by molar-refractivity contribution is -0.125. The van der Waals surface area contributed by atoms with E-state index in [1.165, 1.54) is 7.11 Å². The second-order valence-corrected chi connectivity index (χ2v) is 3.56. The fourth-order valence-corrected chi connectivity index (χ4v) is 1.18. The molecule has 1 amide bonds. The Labute approximate surface area is 79.8 Å². The second kappa shape index (κ2) is 6.86. The van der Waals surface area contributed by atoms with Crippen molar-refractivity contribution in [3.63, 3.8) is 0 Å². The smallest absolute Gasteiger partial charge is 0.246 e. The van der Waals surface area contributed by atoms with Crippen molar-refractivity contribution in [1.29, 1.82) is 0 Å². The molecule has 78 valence electrons. The largest absolute Gasteiger partial charge is 0.375 e. The zero-order valence-corrected chi connectivity index (χ0v) is 8.67. The number of hydrogen-bond donors (Lipinski definition) is 2. The number of amides is 1. The molecule has 0 saturated carbocycles. The van der Waals surface area contributed by atoms with Gasteiger partial charge in [-0.3, -0.25) is 4.79 Å². The first-order valence-electron chi connectivity index (χ1n) is 4.58. The predicted octanol–water partition coefficient (Wildman–Crippen LogP) is 0.122. The third-order valence-electron chi connectivity index (χ3n) is 1.68. The summed E-state index contributed by atoms with van der Waals surface area (Å²) in [5.74, 6) is 0.440. The van der Waals surface area contributed by atoms with Gasteiger partial charge in [-0.1, -0.05) is 13.8 Å². The molecule has 0 aromatic heterocycles. The summed E-state index contributed by atoms with van der Waals surface area (Å²) < 4.78 is 4.70. The summed E-state index contributed by atoms with van der Waals surface area (Å²) in [4.78, 5) is 11.1. The molecule has 0 aromatic rings. The van der Waals surface area contributed by atoms with E-state index >= 15 is 0 Å². The number of nitrogens with two attached hydrogens (primary N) is 1. The maximum atomic E-state index is 11.1. The van der Waals surface area contributed by atoms with Crippen LogP contribution in [-0.4, -0.2) is 32.2 Å². The van der Waals surface area contributed by atoms with E-state index in [9.17, 15) is 4.79 Å². The first-order valence-corrected chi connectivity index (χ1v) is 4.58. The summed E-state index contributed by atoms with van der Waals surface area (Å²) in [5, 5.41) is 2.81. The van der Waals surface area contributed by atoms with Crippen molar-refractivity contribution in [2.75, 3.05) is 20.3 Å². The Morgan fingerprint density at radius 2 is 2.15 bits per heavy atom. The topological polar surface area (TPSA) is 64.3 Å². The molecule has 1 atom stereocenters. The highest BCUT2D eigenvalue weighted by atomic mass is 16.5. The van der Waals surface area contributed by atoms with Gasteiger partial charge in [-0.25, -0.2) is 0 Å². The third-order valence-corrected chi connectivity index (χ3v) is 1.68. The lowest BCUT2D eigenvalue weighted by atomic mass is 10.0. The van der Waals surface area contributed by atoms with Crippen LogP contribution < -0.4 is 11.1 Å². The minimum atomic E-state index is -0.0985. The number of rotatable bonds is 6. The second-order valence-electron chi connectivity index (χ2n) is 3.56. The Bertz CT molecular complexity index is 149. The maximum absolute atomic E-state index is 11.1. The Hall–Kier alpha value is -0.610. The van der Waals surface area contributed by atoms with Crippen molar-refractivity contribution in [2.45, 2.75) is 26.3 Å². The van der Waals surface area contributed by atoms with Crippen molar-refractivity contribution in [2.24, 2.45) is 11.7 Å². The zero-order chi connectivity index (χ0) is 10.3. The molecule has 0 heterocycles. The van der Waals surface area contributed by atoms with E-state index in [1.807, 2.05) is 0 Å². The third kappa shape index (κ3) is 6.54. The number of methoxy groups -OCH3 is 1. The standard InChI is InChI=1S/C9H20N2O2/c1-7(2)4-8(5-10)11-9(12)6-13-3/h7-8H,4-6,10H2,1-3H3,(H,11,12). The Kier molecular flexibility index (Phi) is 6.54. The van der Waals surface area contributed by atoms with Crippen LogP contribution in [0.3, 0.4) is 0 Å². The number of hydrogen-bond acceptors (Lipinski definition) is 3. The highest BCUT2D eigenvalue weighted by Gasteiger charge is 2.11. The van der Waals surface area contributed by atoms with E-state index in [1.54, 1.807) is 0 Å². The first-order chi connectivity index (χ1) is 6.10. The summed E-state index contributed by atoms with van der Waals surface area (Å²) >= 11 is 0. The van der Waals surface area contributed by atoms with Gasteiger partial charge < -0.3 is 15.8 Å². The molecule has 0 aliphatic heterocycles. The van der Waals surface area contributed by atoms with E-state index in [4.69, 9.17) is 10.5 Å². The van der Waals surface area contributed by atoms with E-state index in [0.717, 1.165) is 6.42 Å². The maximum Gasteiger partial charge on any atom is 0.246 e. The van der Waals surface area contributed by atoms with E-state index in [0.29, 0.717) is 12.5 Å². The molecule has 1 unspecified atom stereocenters. The molecule has 0 spiro atoms. The van der Waals surface area contributed by atoms with Crippen molar-refractivity contribution >= 4 is 5.91 Å². The number of carbonyl (C=O) groups is 1. The Morgan fingerprint density at radius 1 is 1.54 bits per heavy atom. The van der Waals surface area contributed by atoms with Gasteiger partial charge in [0.25, 0.3) is 0 Å². The molecule has 0 bridgehead atoms. The van der Waals surface area contributed by atoms with Gasteiger partial charge in [0.05, 0.1) is 0 Å². The fraction of sp³-hybridized carbons (Fsp3) is 0.889. The van der Waals surface area contributed by atoms with Gasteiger partial charge >= 0.3 is 0 Å². The first kappa shape index (κ1) is 12.4. The van der Waals surface area contributed by atoms with Crippen LogP contribution in [0.1, 0.15) is 20.3 Å². The molecule has 4 nitrogen and oxygen atoms in total. The van der Waals surface area contributed by atoms with Crippen LogP contribution in [0.25, 0.3) is 0 Å². The van der Waals surface area contributed by atoms with Crippen molar-refractivity contribution in [3.05, 3.63) is 0 Å². The normalized spacial score (nSPS) is 13.0. The Morgan fingerprint density at radius 3 is 2.54 bits per heavy atom. The van der Waals surface area contributed by atoms with Crippen LogP contribution in [0.2, 0.25) is 0 Å². The monoisotopic (exact) mass is 188 g/mol. The summed E-state index contributed by atoms with van der Waals surface area (Å²) in [7, 11) is 1.50. The van der Waals surface area contributed by atoms with Crippen LogP contribution in [0.5, 0.6) is 0 Å². The molecule has 13 heavy (non-hydrogen) atoms. The lowest BCUT2D eigenvalue weighted by Crippen LogP contribution is -2.42. The quantitative estimate of drug-likeness (QED) is 0.622. The molecule has 0 aliphatic carbocycles. The zero-order valence-electron chi connectivity index (χ0n) is 8.67. The fourth-order valence-electron chi connectivity index (χ4n) is 1.18. The summed E-state index contributed by atoms with van der Waals surface area (Å²) in [5.41, 5.74) is 5.51. The lowest BCUT2D eigenvalue weighted by Gasteiger charge is -2.18. The Balaban J connectivity index is 3.76. The molecular formula is C9H20N2O2. The highest BCUT2D eigenvalue weighted by molar-refractivity contribution is 5.77. The average molecular weight is 188 g/mol. The van der Waals surface area contributed by atoms with E-state index in [2.05, 4.69) is 19.2 Å². The van der Waals surface area contributed by atoms with Gasteiger partial charge in [0.15, 0.2) is 0 Å². The van der Waals surface area contributed by atoms with E-state index < -0.39 is 0 Å². The molecule has 0 saturated heterocycles. The van der Waals surface area contributed by atoms with E-state index in [-0.39, 0.29) is 18.6 Å². The average Bonchev–Trinajstić information content (AvgIpc) is 2.02. The molecule has 0 rings (SSSR count). The molecule has 4 heteroatoms. The molecular weight excluding hydrogens is 168 g/mol. The van der Waals surface area contributed by atoms with Gasteiger partial charge in [0.2, 0.25) is 5.91 Å². The van der Waals surface area contributed by atoms with Crippen LogP contribution in [0.4, 0.5) is 0 Å². The summed E-state index contributed by atoms with van der Waals surface area (Å²) in [6.07, 6.45) is 0.909. The number of carbonyl (C=O) groups excluding carboxylic acids is 1. The molecule has 3 N–H and O–H groups in total.